The molecule has 2 atom stereocenters. The first-order chi connectivity index (χ1) is 9.02. The predicted octanol–water partition coefficient (Wildman–Crippen LogP) is 1.50. The van der Waals surface area contributed by atoms with Crippen LogP contribution in [0.1, 0.15) is 18.0 Å². The van der Waals surface area contributed by atoms with Crippen LogP contribution in [-0.2, 0) is 4.79 Å². The summed E-state index contributed by atoms with van der Waals surface area (Å²) in [5.74, 6) is -0.260. The lowest BCUT2D eigenvalue weighted by molar-refractivity contribution is -0.141. The monoisotopic (exact) mass is 264 g/mol. The first-order valence-electron chi connectivity index (χ1n) is 6.34. The Balaban J connectivity index is 2.28. The third-order valence-electron chi connectivity index (χ3n) is 3.59. The van der Waals surface area contributed by atoms with Gasteiger partial charge in [-0.15, -0.1) is 0 Å². The van der Waals surface area contributed by atoms with Crippen LogP contribution in [0.15, 0.2) is 18.2 Å². The van der Waals surface area contributed by atoms with Crippen molar-refractivity contribution in [1.82, 2.24) is 5.32 Å². The molecule has 1 heterocycles. The number of rotatable bonds is 4. The Morgan fingerprint density at radius 2 is 2.21 bits per heavy atom. The minimum Gasteiger partial charge on any atom is -0.496 e. The van der Waals surface area contributed by atoms with Crippen LogP contribution in [0.25, 0.3) is 0 Å². The third kappa shape index (κ3) is 2.81. The summed E-state index contributed by atoms with van der Waals surface area (Å²) in [5, 5.41) is 12.3. The number of aliphatic carboxylic acids is 1. The summed E-state index contributed by atoms with van der Waals surface area (Å²) >= 11 is 0. The molecule has 104 valence electrons. The van der Waals surface area contributed by atoms with Crippen molar-refractivity contribution in [2.24, 2.45) is 5.92 Å². The molecule has 19 heavy (non-hydrogen) atoms. The Morgan fingerprint density at radius 3 is 2.74 bits per heavy atom. The van der Waals surface area contributed by atoms with Gasteiger partial charge in [-0.05, 0) is 24.6 Å². The lowest BCUT2D eigenvalue weighted by Crippen LogP contribution is -2.18. The molecule has 0 radical (unpaired) electrons. The molecule has 1 fully saturated rings. The maximum Gasteiger partial charge on any atom is 0.307 e. The van der Waals surface area contributed by atoms with Crippen LogP contribution in [0.4, 0.5) is 5.69 Å². The van der Waals surface area contributed by atoms with Crippen molar-refractivity contribution < 1.29 is 14.6 Å². The van der Waals surface area contributed by atoms with E-state index in [2.05, 4.69) is 11.4 Å². The second-order valence-corrected chi connectivity index (χ2v) is 5.05. The molecule has 0 bridgehead atoms. The summed E-state index contributed by atoms with van der Waals surface area (Å²) in [5.41, 5.74) is 2.11. The molecule has 5 nitrogen and oxygen atoms in total. The maximum absolute atomic E-state index is 11.0. The molecule has 0 aliphatic carbocycles. The van der Waals surface area contributed by atoms with Gasteiger partial charge in [-0.2, -0.15) is 0 Å². The van der Waals surface area contributed by atoms with Gasteiger partial charge in [0.15, 0.2) is 0 Å². The van der Waals surface area contributed by atoms with E-state index in [0.717, 1.165) is 17.0 Å². The van der Waals surface area contributed by atoms with Crippen LogP contribution in [-0.4, -0.2) is 38.8 Å². The van der Waals surface area contributed by atoms with E-state index in [9.17, 15) is 4.79 Å². The van der Waals surface area contributed by atoms with E-state index >= 15 is 0 Å². The molecule has 2 unspecified atom stereocenters. The predicted molar refractivity (Wildman–Crippen MR) is 73.8 cm³/mol. The number of carbonyl (C=O) groups is 1. The number of carboxylic acids is 1. The molecular formula is C14H20N2O3. The Kier molecular flexibility index (Phi) is 3.95. The molecule has 5 heteroatoms. The van der Waals surface area contributed by atoms with E-state index in [1.165, 1.54) is 0 Å². The summed E-state index contributed by atoms with van der Waals surface area (Å²) < 4.78 is 5.38. The molecule has 0 saturated carbocycles. The summed E-state index contributed by atoms with van der Waals surface area (Å²) in [6.07, 6.45) is 0.600. The molecular weight excluding hydrogens is 244 g/mol. The minimum atomic E-state index is -0.738. The SMILES string of the molecule is COc1ccc(N(C)C)cc1C1CC(C(=O)O)CN1. The van der Waals surface area contributed by atoms with Gasteiger partial charge in [-0.25, -0.2) is 0 Å². The van der Waals surface area contributed by atoms with Crippen LogP contribution in [0.2, 0.25) is 0 Å². The highest BCUT2D eigenvalue weighted by atomic mass is 16.5. The summed E-state index contributed by atoms with van der Waals surface area (Å²) in [7, 11) is 5.60. The second kappa shape index (κ2) is 5.48. The molecule has 2 N–H and O–H groups in total. The van der Waals surface area contributed by atoms with Crippen LogP contribution in [0, 0.1) is 5.92 Å². The van der Waals surface area contributed by atoms with Gasteiger partial charge in [-0.3, -0.25) is 4.79 Å². The van der Waals surface area contributed by atoms with Crippen molar-refractivity contribution >= 4 is 11.7 Å². The van der Waals surface area contributed by atoms with Crippen molar-refractivity contribution in [3.63, 3.8) is 0 Å². The molecule has 1 aromatic carbocycles. The van der Waals surface area contributed by atoms with Crippen molar-refractivity contribution in [2.75, 3.05) is 32.6 Å². The highest BCUT2D eigenvalue weighted by Crippen LogP contribution is 2.35. The Morgan fingerprint density at radius 1 is 1.47 bits per heavy atom. The van der Waals surface area contributed by atoms with E-state index in [4.69, 9.17) is 9.84 Å². The highest BCUT2D eigenvalue weighted by molar-refractivity contribution is 5.71. The van der Waals surface area contributed by atoms with E-state index in [-0.39, 0.29) is 12.0 Å². The molecule has 1 saturated heterocycles. The van der Waals surface area contributed by atoms with E-state index < -0.39 is 5.97 Å². The second-order valence-electron chi connectivity index (χ2n) is 5.05. The molecule has 2 rings (SSSR count). The topological polar surface area (TPSA) is 61.8 Å². The van der Waals surface area contributed by atoms with Crippen molar-refractivity contribution in [1.29, 1.82) is 0 Å². The summed E-state index contributed by atoms with van der Waals surface area (Å²) in [6, 6.07) is 6.02. The largest absolute Gasteiger partial charge is 0.496 e. The Bertz CT molecular complexity index is 474. The van der Waals surface area contributed by atoms with E-state index in [1.807, 2.05) is 31.1 Å². The quantitative estimate of drug-likeness (QED) is 0.863. The number of anilines is 1. The van der Waals surface area contributed by atoms with Crippen molar-refractivity contribution in [2.45, 2.75) is 12.5 Å². The minimum absolute atomic E-state index is 0.0379. The number of methoxy groups -OCH3 is 1. The Labute approximate surface area is 113 Å². The summed E-state index contributed by atoms with van der Waals surface area (Å²) in [4.78, 5) is 13.0. The van der Waals surface area contributed by atoms with Crippen LogP contribution in [0.5, 0.6) is 5.75 Å². The number of carboxylic acid groups (broad SMARTS) is 1. The summed E-state index contributed by atoms with van der Waals surface area (Å²) in [6.45, 7) is 0.509. The fourth-order valence-electron chi connectivity index (χ4n) is 2.43. The lowest BCUT2D eigenvalue weighted by Gasteiger charge is -2.19. The average molecular weight is 264 g/mol. The van der Waals surface area contributed by atoms with Crippen molar-refractivity contribution in [3.05, 3.63) is 23.8 Å². The number of hydrogen-bond donors (Lipinski definition) is 2. The molecule has 1 aromatic rings. The maximum atomic E-state index is 11.0. The lowest BCUT2D eigenvalue weighted by atomic mass is 9.98. The average Bonchev–Trinajstić information content (AvgIpc) is 2.87. The van der Waals surface area contributed by atoms with Crippen molar-refractivity contribution in [3.8, 4) is 5.75 Å². The standard InChI is InChI=1S/C14H20N2O3/c1-16(2)10-4-5-13(19-3)11(7-10)12-6-9(8-15-12)14(17)18/h4-5,7,9,12,15H,6,8H2,1-3H3,(H,17,18). The zero-order chi connectivity index (χ0) is 14.0. The number of ether oxygens (including phenoxy) is 1. The fraction of sp³-hybridized carbons (Fsp3) is 0.500. The highest BCUT2D eigenvalue weighted by Gasteiger charge is 2.31. The third-order valence-corrected chi connectivity index (χ3v) is 3.59. The zero-order valence-electron chi connectivity index (χ0n) is 11.5. The molecule has 1 aliphatic rings. The van der Waals surface area contributed by atoms with E-state index in [0.29, 0.717) is 13.0 Å². The number of nitrogens with one attached hydrogen (secondary N) is 1. The molecule has 1 aliphatic heterocycles. The van der Waals surface area contributed by atoms with Gasteiger partial charge >= 0.3 is 5.97 Å². The van der Waals surface area contributed by atoms with Crippen LogP contribution >= 0.6 is 0 Å². The van der Waals surface area contributed by atoms with Gasteiger partial charge in [0.05, 0.1) is 13.0 Å². The van der Waals surface area contributed by atoms with E-state index in [1.54, 1.807) is 7.11 Å². The van der Waals surface area contributed by atoms with Gasteiger partial charge in [0, 0.05) is 37.9 Å². The smallest absolute Gasteiger partial charge is 0.307 e. The van der Waals surface area contributed by atoms with Gasteiger partial charge in [0.25, 0.3) is 0 Å². The number of nitrogens with zero attached hydrogens (tertiary/aromatic N) is 1. The van der Waals surface area contributed by atoms with Crippen LogP contribution in [0.3, 0.4) is 0 Å². The molecule has 0 spiro atoms. The molecule has 0 amide bonds. The van der Waals surface area contributed by atoms with Gasteiger partial charge in [-0.1, -0.05) is 0 Å². The van der Waals surface area contributed by atoms with Gasteiger partial charge in [0.1, 0.15) is 5.75 Å². The molecule has 0 aromatic heterocycles. The number of benzene rings is 1. The number of hydrogen-bond acceptors (Lipinski definition) is 4. The first kappa shape index (κ1) is 13.7. The normalized spacial score (nSPS) is 22.3. The Hall–Kier alpha value is -1.75. The first-order valence-corrected chi connectivity index (χ1v) is 6.34. The fourth-order valence-corrected chi connectivity index (χ4v) is 2.43. The van der Waals surface area contributed by atoms with Crippen LogP contribution < -0.4 is 15.0 Å². The van der Waals surface area contributed by atoms with Gasteiger partial charge in [0.2, 0.25) is 0 Å². The van der Waals surface area contributed by atoms with Gasteiger partial charge < -0.3 is 20.1 Å². The zero-order valence-corrected chi connectivity index (χ0v) is 11.5.